The van der Waals surface area contributed by atoms with Gasteiger partial charge in [0, 0.05) is 11.4 Å². The number of carboxylic acid groups (broad SMARTS) is 1. The lowest BCUT2D eigenvalue weighted by Gasteiger charge is -2.10. The Bertz CT molecular complexity index is 880. The average molecular weight is 458 g/mol. The van der Waals surface area contributed by atoms with E-state index in [0.717, 1.165) is 15.6 Å². The van der Waals surface area contributed by atoms with Crippen molar-refractivity contribution in [2.45, 2.75) is 39.4 Å². The number of aromatic nitrogens is 1. The van der Waals surface area contributed by atoms with Crippen LogP contribution in [0.15, 0.2) is 24.3 Å². The van der Waals surface area contributed by atoms with E-state index in [4.69, 9.17) is 9.90 Å². The Morgan fingerprint density at radius 2 is 1.77 bits per heavy atom. The quantitative estimate of drug-likeness (QED) is 0.658. The zero-order chi connectivity index (χ0) is 23.1. The molecule has 6 nitrogen and oxygen atoms in total. The zero-order valence-electron chi connectivity index (χ0n) is 15.5. The highest BCUT2D eigenvalue weighted by atomic mass is 32.1. The number of alkyl halides is 6. The van der Waals surface area contributed by atoms with E-state index in [0.29, 0.717) is 5.56 Å². The first kappa shape index (κ1) is 25.2. The second-order valence-corrected chi connectivity index (χ2v) is 6.98. The molecule has 0 atom stereocenters. The molecule has 1 aromatic carbocycles. The smallest absolute Gasteiger partial charge is 0.475 e. The van der Waals surface area contributed by atoms with E-state index < -0.39 is 18.5 Å². The van der Waals surface area contributed by atoms with Gasteiger partial charge in [-0.15, -0.1) is 24.5 Å². The van der Waals surface area contributed by atoms with Crippen molar-refractivity contribution in [3.05, 3.63) is 45.4 Å². The standard InChI is InChI=1S/C15H15F3N2O2S.C2HF3O2/c1-9-13(23-10(2)20-9)7-14(21)19-8-11-4-3-5-12(6-11)22-15(16,17)18;3-2(4,5)1(6)7/h3-6H,7-8H2,1-2H3,(H,19,21);(H,6,7). The van der Waals surface area contributed by atoms with Gasteiger partial charge in [-0.05, 0) is 31.5 Å². The van der Waals surface area contributed by atoms with Crippen molar-refractivity contribution in [2.75, 3.05) is 0 Å². The number of hydrogen-bond donors (Lipinski definition) is 2. The number of rotatable bonds is 5. The number of amides is 1. The number of thiazole rings is 1. The number of aryl methyl sites for hydroxylation is 2. The minimum Gasteiger partial charge on any atom is -0.475 e. The van der Waals surface area contributed by atoms with Gasteiger partial charge in [0.05, 0.1) is 17.1 Å². The molecule has 166 valence electrons. The Morgan fingerprint density at radius 3 is 2.23 bits per heavy atom. The normalized spacial score (nSPS) is 11.3. The first-order valence-corrected chi connectivity index (χ1v) is 8.83. The van der Waals surface area contributed by atoms with Crippen LogP contribution in [-0.4, -0.2) is 34.5 Å². The van der Waals surface area contributed by atoms with Gasteiger partial charge in [-0.25, -0.2) is 9.78 Å². The molecule has 2 aromatic rings. The van der Waals surface area contributed by atoms with Crippen LogP contribution < -0.4 is 10.1 Å². The molecule has 0 saturated heterocycles. The molecule has 0 spiro atoms. The number of carbonyl (C=O) groups excluding carboxylic acids is 1. The lowest BCUT2D eigenvalue weighted by molar-refractivity contribution is -0.274. The monoisotopic (exact) mass is 458 g/mol. The minimum absolute atomic E-state index is 0.130. The van der Waals surface area contributed by atoms with Gasteiger partial charge in [-0.1, -0.05) is 12.1 Å². The Labute approximate surface area is 170 Å². The Morgan fingerprint density at radius 1 is 1.17 bits per heavy atom. The maximum atomic E-state index is 12.2. The molecule has 0 unspecified atom stereocenters. The molecule has 0 aliphatic carbocycles. The van der Waals surface area contributed by atoms with E-state index in [2.05, 4.69) is 15.0 Å². The summed E-state index contributed by atoms with van der Waals surface area (Å²) in [4.78, 5) is 25.9. The van der Waals surface area contributed by atoms with Gasteiger partial charge in [0.1, 0.15) is 5.75 Å². The predicted molar refractivity (Wildman–Crippen MR) is 94.0 cm³/mol. The summed E-state index contributed by atoms with van der Waals surface area (Å²) >= 11 is 1.46. The van der Waals surface area contributed by atoms with Crippen LogP contribution in [-0.2, 0) is 22.6 Å². The second-order valence-electron chi connectivity index (χ2n) is 5.69. The van der Waals surface area contributed by atoms with E-state index >= 15 is 0 Å². The second kappa shape index (κ2) is 10.3. The highest BCUT2D eigenvalue weighted by Crippen LogP contribution is 2.23. The van der Waals surface area contributed by atoms with E-state index in [1.54, 1.807) is 6.07 Å². The first-order valence-electron chi connectivity index (χ1n) is 8.02. The van der Waals surface area contributed by atoms with Gasteiger partial charge in [-0.3, -0.25) is 4.79 Å². The third-order valence-electron chi connectivity index (χ3n) is 3.18. The molecule has 1 amide bonds. The predicted octanol–water partition coefficient (Wildman–Crippen LogP) is 4.15. The van der Waals surface area contributed by atoms with Crippen molar-refractivity contribution in [2.24, 2.45) is 0 Å². The molecule has 0 fully saturated rings. The van der Waals surface area contributed by atoms with Crippen molar-refractivity contribution < 1.29 is 45.8 Å². The number of benzene rings is 1. The van der Waals surface area contributed by atoms with Gasteiger partial charge in [0.25, 0.3) is 0 Å². The lowest BCUT2D eigenvalue weighted by atomic mass is 10.2. The number of halogens is 6. The number of nitrogens with one attached hydrogen (secondary N) is 1. The molecule has 0 aliphatic rings. The van der Waals surface area contributed by atoms with Crippen LogP contribution >= 0.6 is 11.3 Å². The number of ether oxygens (including phenoxy) is 1. The molecular formula is C17H16F6N2O4S. The maximum Gasteiger partial charge on any atom is 0.573 e. The first-order chi connectivity index (χ1) is 13.7. The third kappa shape index (κ3) is 9.58. The molecule has 2 rings (SSSR count). The van der Waals surface area contributed by atoms with Crippen LogP contribution in [0.1, 0.15) is 21.1 Å². The molecule has 1 heterocycles. The summed E-state index contributed by atoms with van der Waals surface area (Å²) in [5.74, 6) is -3.27. The van der Waals surface area contributed by atoms with E-state index in [1.165, 1.54) is 29.5 Å². The molecular weight excluding hydrogens is 442 g/mol. The summed E-state index contributed by atoms with van der Waals surface area (Å²) in [6.45, 7) is 3.83. The highest BCUT2D eigenvalue weighted by Gasteiger charge is 2.38. The lowest BCUT2D eigenvalue weighted by Crippen LogP contribution is -2.24. The highest BCUT2D eigenvalue weighted by molar-refractivity contribution is 7.11. The summed E-state index contributed by atoms with van der Waals surface area (Å²) < 4.78 is 72.1. The summed E-state index contributed by atoms with van der Waals surface area (Å²) in [5, 5.41) is 10.7. The number of nitrogens with zero attached hydrogens (tertiary/aromatic N) is 1. The molecule has 30 heavy (non-hydrogen) atoms. The summed E-state index contributed by atoms with van der Waals surface area (Å²) in [6, 6.07) is 5.52. The third-order valence-corrected chi connectivity index (χ3v) is 4.26. The van der Waals surface area contributed by atoms with Gasteiger partial charge in [0.15, 0.2) is 0 Å². The molecule has 13 heteroatoms. The number of carbonyl (C=O) groups is 2. The van der Waals surface area contributed by atoms with E-state index in [1.807, 2.05) is 13.8 Å². The summed E-state index contributed by atoms with van der Waals surface area (Å²) in [7, 11) is 0. The van der Waals surface area contributed by atoms with Crippen LogP contribution in [0.3, 0.4) is 0 Å². The Balaban J connectivity index is 0.000000553. The molecule has 0 radical (unpaired) electrons. The van der Waals surface area contributed by atoms with Gasteiger partial charge in [-0.2, -0.15) is 13.2 Å². The largest absolute Gasteiger partial charge is 0.573 e. The minimum atomic E-state index is -5.08. The van der Waals surface area contributed by atoms with Crippen LogP contribution in [0.4, 0.5) is 26.3 Å². The van der Waals surface area contributed by atoms with Crippen molar-refractivity contribution in [3.8, 4) is 5.75 Å². The SMILES string of the molecule is Cc1nc(C)c(CC(=O)NCc2cccc(OC(F)(F)F)c2)s1.O=C(O)C(F)(F)F. The zero-order valence-corrected chi connectivity index (χ0v) is 16.3. The topological polar surface area (TPSA) is 88.5 Å². The van der Waals surface area contributed by atoms with Gasteiger partial charge in [0.2, 0.25) is 5.91 Å². The number of carboxylic acids is 1. The van der Waals surface area contributed by atoms with Crippen molar-refractivity contribution >= 4 is 23.2 Å². The summed E-state index contributed by atoms with van der Waals surface area (Å²) in [5.41, 5.74) is 1.35. The van der Waals surface area contributed by atoms with Crippen molar-refractivity contribution in [1.82, 2.24) is 10.3 Å². The fourth-order valence-electron chi connectivity index (χ4n) is 2.00. The van der Waals surface area contributed by atoms with E-state index in [9.17, 15) is 31.1 Å². The molecule has 0 aliphatic heterocycles. The van der Waals surface area contributed by atoms with Crippen molar-refractivity contribution in [3.63, 3.8) is 0 Å². The van der Waals surface area contributed by atoms with Crippen LogP contribution in [0, 0.1) is 13.8 Å². The molecule has 1 aromatic heterocycles. The molecule has 2 N–H and O–H groups in total. The molecule has 0 saturated carbocycles. The fraction of sp³-hybridized carbons (Fsp3) is 0.353. The maximum absolute atomic E-state index is 12.2. The Kier molecular flexibility index (Phi) is 8.63. The van der Waals surface area contributed by atoms with Gasteiger partial charge < -0.3 is 15.2 Å². The average Bonchev–Trinajstić information content (AvgIpc) is 2.88. The van der Waals surface area contributed by atoms with Crippen molar-refractivity contribution in [1.29, 1.82) is 0 Å². The number of hydrogen-bond acceptors (Lipinski definition) is 5. The van der Waals surface area contributed by atoms with Crippen LogP contribution in [0.25, 0.3) is 0 Å². The Hall–Kier alpha value is -2.83. The van der Waals surface area contributed by atoms with Crippen LogP contribution in [0.5, 0.6) is 5.75 Å². The fourth-order valence-corrected chi connectivity index (χ4v) is 2.93. The van der Waals surface area contributed by atoms with E-state index in [-0.39, 0.29) is 24.6 Å². The van der Waals surface area contributed by atoms with Gasteiger partial charge >= 0.3 is 18.5 Å². The molecule has 0 bridgehead atoms. The van der Waals surface area contributed by atoms with Crippen LogP contribution in [0.2, 0.25) is 0 Å². The number of aliphatic carboxylic acids is 1. The summed E-state index contributed by atoms with van der Waals surface area (Å²) in [6.07, 6.45) is -9.61.